The number of aromatic nitrogens is 2. The third-order valence-corrected chi connectivity index (χ3v) is 4.67. The number of aliphatic hydroxyl groups excluding tert-OH is 1. The normalized spacial score (nSPS) is 19.3. The summed E-state index contributed by atoms with van der Waals surface area (Å²) in [5, 5.41) is 15.7. The predicted molar refractivity (Wildman–Crippen MR) is 84.4 cm³/mol. The fourth-order valence-corrected chi connectivity index (χ4v) is 3.53. The van der Waals surface area contributed by atoms with Crippen LogP contribution in [0.1, 0.15) is 42.7 Å². The van der Waals surface area contributed by atoms with Crippen molar-refractivity contribution < 1.29 is 5.11 Å². The third kappa shape index (κ3) is 2.85. The minimum absolute atomic E-state index is 0.213. The third-order valence-electron chi connectivity index (χ3n) is 4.38. The Morgan fingerprint density at radius 2 is 2.14 bits per heavy atom. The quantitative estimate of drug-likeness (QED) is 0.933. The van der Waals surface area contributed by atoms with Gasteiger partial charge in [0.25, 0.3) is 0 Å². The average molecular weight is 305 g/mol. The van der Waals surface area contributed by atoms with Crippen LogP contribution in [0.5, 0.6) is 0 Å². The first-order valence-corrected chi connectivity index (χ1v) is 8.04. The van der Waals surface area contributed by atoms with E-state index in [0.717, 1.165) is 37.9 Å². The van der Waals surface area contributed by atoms with Crippen LogP contribution in [0.4, 0.5) is 0 Å². The maximum atomic E-state index is 10.8. The van der Waals surface area contributed by atoms with Gasteiger partial charge in [-0.1, -0.05) is 42.8 Å². The first kappa shape index (κ1) is 14.6. The molecule has 1 heterocycles. The number of benzene rings is 1. The molecule has 2 atom stereocenters. The van der Waals surface area contributed by atoms with E-state index in [4.69, 9.17) is 11.6 Å². The van der Waals surface area contributed by atoms with E-state index in [1.807, 2.05) is 4.68 Å². The molecule has 3 rings (SSSR count). The van der Waals surface area contributed by atoms with Crippen molar-refractivity contribution in [1.82, 2.24) is 9.78 Å². The Bertz CT molecular complexity index is 623. The van der Waals surface area contributed by atoms with Gasteiger partial charge in [-0.05, 0) is 42.7 Å². The highest BCUT2D eigenvalue weighted by atomic mass is 35.5. The van der Waals surface area contributed by atoms with Gasteiger partial charge in [-0.2, -0.15) is 5.10 Å². The van der Waals surface area contributed by atoms with Gasteiger partial charge in [0.1, 0.15) is 6.10 Å². The zero-order valence-electron chi connectivity index (χ0n) is 12.3. The number of aliphatic hydroxyl groups is 1. The van der Waals surface area contributed by atoms with E-state index in [2.05, 4.69) is 36.3 Å². The maximum Gasteiger partial charge on any atom is 0.100 e. The molecule has 2 aromatic rings. The van der Waals surface area contributed by atoms with Crippen LogP contribution in [0.2, 0.25) is 5.02 Å². The number of aryl methyl sites for hydroxylation is 2. The highest BCUT2D eigenvalue weighted by Gasteiger charge is 2.29. The molecule has 0 aliphatic heterocycles. The maximum absolute atomic E-state index is 10.8. The summed E-state index contributed by atoms with van der Waals surface area (Å²) >= 11 is 6.25. The molecule has 2 unspecified atom stereocenters. The highest BCUT2D eigenvalue weighted by molar-refractivity contribution is 6.31. The molecule has 112 valence electrons. The smallest absolute Gasteiger partial charge is 0.100 e. The molecule has 0 saturated heterocycles. The monoisotopic (exact) mass is 304 g/mol. The molecule has 0 spiro atoms. The van der Waals surface area contributed by atoms with Crippen molar-refractivity contribution in [2.24, 2.45) is 5.92 Å². The van der Waals surface area contributed by atoms with Crippen LogP contribution in [-0.4, -0.2) is 14.9 Å². The molecule has 1 aliphatic carbocycles. The number of fused-ring (bicyclic) bond motifs is 1. The fraction of sp³-hybridized carbons (Fsp3) is 0.471. The zero-order valence-corrected chi connectivity index (χ0v) is 13.1. The molecule has 0 fully saturated rings. The van der Waals surface area contributed by atoms with Crippen LogP contribution in [0, 0.1) is 5.92 Å². The summed E-state index contributed by atoms with van der Waals surface area (Å²) in [6, 6.07) is 8.51. The summed E-state index contributed by atoms with van der Waals surface area (Å²) in [7, 11) is 0. The molecule has 0 radical (unpaired) electrons. The van der Waals surface area contributed by atoms with Gasteiger partial charge in [-0.15, -0.1) is 0 Å². The lowest BCUT2D eigenvalue weighted by Crippen LogP contribution is -2.23. The molecule has 3 nitrogen and oxygen atoms in total. The first-order valence-electron chi connectivity index (χ1n) is 7.66. The SMILES string of the molecule is CCCn1ncc(Cl)c1C(O)C1CCc2ccccc2C1. The van der Waals surface area contributed by atoms with E-state index in [0.29, 0.717) is 5.02 Å². The van der Waals surface area contributed by atoms with Crippen molar-refractivity contribution >= 4 is 11.6 Å². The standard InChI is InChI=1S/C17H21ClN2O/c1-2-9-20-16(15(18)11-19-20)17(21)14-8-7-12-5-3-4-6-13(12)10-14/h3-6,11,14,17,21H,2,7-10H2,1H3. The first-order chi connectivity index (χ1) is 10.2. The van der Waals surface area contributed by atoms with E-state index >= 15 is 0 Å². The molecule has 1 aromatic heterocycles. The largest absolute Gasteiger partial charge is 0.386 e. The number of hydrogen-bond acceptors (Lipinski definition) is 2. The fourth-order valence-electron chi connectivity index (χ4n) is 3.27. The molecule has 1 N–H and O–H groups in total. The zero-order chi connectivity index (χ0) is 14.8. The number of halogens is 1. The van der Waals surface area contributed by atoms with Crippen LogP contribution in [0.15, 0.2) is 30.5 Å². The van der Waals surface area contributed by atoms with Crippen LogP contribution in [0.3, 0.4) is 0 Å². The molecule has 1 aliphatic rings. The Balaban J connectivity index is 1.84. The van der Waals surface area contributed by atoms with Crippen molar-refractivity contribution in [1.29, 1.82) is 0 Å². The Hall–Kier alpha value is -1.32. The Labute approximate surface area is 130 Å². The van der Waals surface area contributed by atoms with Gasteiger partial charge in [-0.25, -0.2) is 0 Å². The van der Waals surface area contributed by atoms with E-state index in [1.165, 1.54) is 11.1 Å². The van der Waals surface area contributed by atoms with Gasteiger partial charge in [0.15, 0.2) is 0 Å². The summed E-state index contributed by atoms with van der Waals surface area (Å²) in [5.41, 5.74) is 3.54. The van der Waals surface area contributed by atoms with E-state index in [9.17, 15) is 5.11 Å². The Morgan fingerprint density at radius 3 is 2.90 bits per heavy atom. The minimum atomic E-state index is -0.542. The topological polar surface area (TPSA) is 38.0 Å². The second kappa shape index (κ2) is 6.20. The summed E-state index contributed by atoms with van der Waals surface area (Å²) in [6.45, 7) is 2.89. The summed E-state index contributed by atoms with van der Waals surface area (Å²) in [5.74, 6) is 0.213. The minimum Gasteiger partial charge on any atom is -0.386 e. The second-order valence-electron chi connectivity index (χ2n) is 5.82. The highest BCUT2D eigenvalue weighted by Crippen LogP contribution is 2.36. The molecular weight excluding hydrogens is 284 g/mol. The molecule has 0 bridgehead atoms. The number of rotatable bonds is 4. The lowest BCUT2D eigenvalue weighted by Gasteiger charge is -2.29. The Kier molecular flexibility index (Phi) is 4.32. The second-order valence-corrected chi connectivity index (χ2v) is 6.22. The Morgan fingerprint density at radius 1 is 1.38 bits per heavy atom. The summed E-state index contributed by atoms with van der Waals surface area (Å²) in [4.78, 5) is 0. The van der Waals surface area contributed by atoms with Crippen LogP contribution >= 0.6 is 11.6 Å². The lowest BCUT2D eigenvalue weighted by atomic mass is 9.80. The predicted octanol–water partition coefficient (Wildman–Crippen LogP) is 3.79. The molecule has 21 heavy (non-hydrogen) atoms. The van der Waals surface area contributed by atoms with Gasteiger partial charge in [0.05, 0.1) is 16.9 Å². The lowest BCUT2D eigenvalue weighted by molar-refractivity contribution is 0.0906. The van der Waals surface area contributed by atoms with Gasteiger partial charge < -0.3 is 5.11 Å². The molecule has 4 heteroatoms. The van der Waals surface area contributed by atoms with Crippen LogP contribution < -0.4 is 0 Å². The average Bonchev–Trinajstić information content (AvgIpc) is 2.87. The summed E-state index contributed by atoms with van der Waals surface area (Å²) in [6.07, 6.45) is 5.01. The number of hydrogen-bond donors (Lipinski definition) is 1. The van der Waals surface area contributed by atoms with Gasteiger partial charge in [-0.3, -0.25) is 4.68 Å². The molecular formula is C17H21ClN2O. The van der Waals surface area contributed by atoms with E-state index < -0.39 is 6.10 Å². The van der Waals surface area contributed by atoms with E-state index in [1.54, 1.807) is 6.20 Å². The summed E-state index contributed by atoms with van der Waals surface area (Å²) < 4.78 is 1.85. The van der Waals surface area contributed by atoms with Crippen molar-refractivity contribution in [3.05, 3.63) is 52.3 Å². The molecule has 0 saturated carbocycles. The van der Waals surface area contributed by atoms with E-state index in [-0.39, 0.29) is 5.92 Å². The number of nitrogens with zero attached hydrogens (tertiary/aromatic N) is 2. The van der Waals surface area contributed by atoms with Crippen LogP contribution in [-0.2, 0) is 19.4 Å². The van der Waals surface area contributed by atoms with Crippen molar-refractivity contribution in [2.45, 2.75) is 45.3 Å². The molecule has 1 aromatic carbocycles. The van der Waals surface area contributed by atoms with Crippen molar-refractivity contribution in [2.75, 3.05) is 0 Å². The van der Waals surface area contributed by atoms with Crippen molar-refractivity contribution in [3.63, 3.8) is 0 Å². The van der Waals surface area contributed by atoms with Gasteiger partial charge >= 0.3 is 0 Å². The van der Waals surface area contributed by atoms with Gasteiger partial charge in [0.2, 0.25) is 0 Å². The van der Waals surface area contributed by atoms with Crippen molar-refractivity contribution in [3.8, 4) is 0 Å². The van der Waals surface area contributed by atoms with Gasteiger partial charge in [0, 0.05) is 6.54 Å². The van der Waals surface area contributed by atoms with Crippen LogP contribution in [0.25, 0.3) is 0 Å². The molecule has 0 amide bonds.